The van der Waals surface area contributed by atoms with Crippen LogP contribution < -0.4 is 0 Å². The molecule has 0 aromatic carbocycles. The molecule has 0 bridgehead atoms. The van der Waals surface area contributed by atoms with Crippen LogP contribution in [0.1, 0.15) is 0 Å². The highest BCUT2D eigenvalue weighted by Crippen LogP contribution is 1.80. The SMILES string of the molecule is C=CC(=N)Br. The second-order valence-corrected chi connectivity index (χ2v) is 1.41. The molecule has 1 N–H and O–H groups in total. The number of nitrogens with one attached hydrogen (secondary N) is 1. The van der Waals surface area contributed by atoms with Crippen molar-refractivity contribution in [2.24, 2.45) is 0 Å². The fraction of sp³-hybridized carbons (Fsp3) is 0. The molecule has 0 spiro atoms. The molecule has 0 aromatic heterocycles. The smallest absolute Gasteiger partial charge is 0.0960 e. The summed E-state index contributed by atoms with van der Waals surface area (Å²) in [4.78, 5) is 0. The van der Waals surface area contributed by atoms with E-state index in [4.69, 9.17) is 5.41 Å². The van der Waals surface area contributed by atoms with E-state index >= 15 is 0 Å². The molecule has 1 nitrogen and oxygen atoms in total. The number of allylic oxidation sites excluding steroid dienone is 1. The third kappa shape index (κ3) is 3.89. The highest BCUT2D eigenvalue weighted by Gasteiger charge is 1.66. The molecule has 0 saturated heterocycles. The molecule has 0 rings (SSSR count). The fourth-order valence-corrected chi connectivity index (χ4v) is 0. The lowest BCUT2D eigenvalue weighted by atomic mass is 10.7. The predicted octanol–water partition coefficient (Wildman–Crippen LogP) is 1.54. The Morgan fingerprint density at radius 2 is 2.20 bits per heavy atom. The summed E-state index contributed by atoms with van der Waals surface area (Å²) in [6, 6.07) is 0. The quantitative estimate of drug-likeness (QED) is 0.526. The second-order valence-electron chi connectivity index (χ2n) is 0.552. The average molecular weight is 134 g/mol. The zero-order valence-corrected chi connectivity index (χ0v) is 4.25. The molecule has 0 saturated carbocycles. The van der Waals surface area contributed by atoms with Crippen LogP contribution in [0.4, 0.5) is 0 Å². The lowest BCUT2D eigenvalue weighted by Gasteiger charge is -1.66. The van der Waals surface area contributed by atoms with Crippen molar-refractivity contribution in [3.8, 4) is 0 Å². The van der Waals surface area contributed by atoms with E-state index in [-0.39, 0.29) is 0 Å². The number of hydrogen-bond acceptors (Lipinski definition) is 1. The highest BCUT2D eigenvalue weighted by atomic mass is 79.9. The van der Waals surface area contributed by atoms with Crippen LogP contribution in [-0.4, -0.2) is 4.62 Å². The van der Waals surface area contributed by atoms with E-state index in [9.17, 15) is 0 Å². The zero-order valence-electron chi connectivity index (χ0n) is 2.66. The average Bonchev–Trinajstić information content (AvgIpc) is 1.38. The molecule has 0 aliphatic rings. The Morgan fingerprint density at radius 1 is 2.00 bits per heavy atom. The number of rotatable bonds is 1. The van der Waals surface area contributed by atoms with Gasteiger partial charge in [-0.15, -0.1) is 0 Å². The van der Waals surface area contributed by atoms with Gasteiger partial charge in [-0.3, -0.25) is 5.41 Å². The Labute approximate surface area is 39.3 Å². The molecule has 0 fully saturated rings. The molecule has 2 heteroatoms. The minimum atomic E-state index is 0.331. The van der Waals surface area contributed by atoms with Crippen LogP contribution >= 0.6 is 15.9 Å². The van der Waals surface area contributed by atoms with Crippen molar-refractivity contribution in [3.63, 3.8) is 0 Å². The summed E-state index contributed by atoms with van der Waals surface area (Å²) >= 11 is 2.84. The van der Waals surface area contributed by atoms with Crippen LogP contribution in [-0.2, 0) is 0 Å². The summed E-state index contributed by atoms with van der Waals surface area (Å²) in [6.45, 7) is 3.29. The van der Waals surface area contributed by atoms with E-state index in [0.717, 1.165) is 0 Å². The summed E-state index contributed by atoms with van der Waals surface area (Å²) in [6.07, 6.45) is 1.42. The lowest BCUT2D eigenvalue weighted by molar-refractivity contribution is 1.57. The van der Waals surface area contributed by atoms with Crippen molar-refractivity contribution in [2.75, 3.05) is 0 Å². The van der Waals surface area contributed by atoms with Crippen LogP contribution in [0.3, 0.4) is 0 Å². The zero-order chi connectivity index (χ0) is 4.28. The Balaban J connectivity index is 3.20. The van der Waals surface area contributed by atoms with Gasteiger partial charge in [0.1, 0.15) is 0 Å². The van der Waals surface area contributed by atoms with Gasteiger partial charge < -0.3 is 0 Å². The van der Waals surface area contributed by atoms with Crippen molar-refractivity contribution >= 4 is 20.6 Å². The molecular formula is C3H4BrN. The summed E-state index contributed by atoms with van der Waals surface area (Å²) < 4.78 is 0.331. The standard InChI is InChI=1S/C3H4BrN/c1-2-3(4)5/h2,5H,1H2. The molecule has 0 atom stereocenters. The molecule has 0 radical (unpaired) electrons. The topological polar surface area (TPSA) is 23.9 Å². The Kier molecular flexibility index (Phi) is 2.10. The van der Waals surface area contributed by atoms with Gasteiger partial charge in [0.25, 0.3) is 0 Å². The monoisotopic (exact) mass is 133 g/mol. The van der Waals surface area contributed by atoms with E-state index in [1.807, 2.05) is 0 Å². The molecule has 0 amide bonds. The first-order valence-corrected chi connectivity index (χ1v) is 1.93. The predicted molar refractivity (Wildman–Crippen MR) is 26.9 cm³/mol. The van der Waals surface area contributed by atoms with Gasteiger partial charge in [-0.25, -0.2) is 0 Å². The molecule has 0 aliphatic carbocycles. The molecule has 28 valence electrons. The van der Waals surface area contributed by atoms with Gasteiger partial charge in [-0.1, -0.05) is 6.58 Å². The van der Waals surface area contributed by atoms with E-state index < -0.39 is 0 Å². The molecular weight excluding hydrogens is 130 g/mol. The van der Waals surface area contributed by atoms with Gasteiger partial charge in [0, 0.05) is 0 Å². The third-order valence-corrected chi connectivity index (χ3v) is 0.503. The second kappa shape index (κ2) is 2.15. The van der Waals surface area contributed by atoms with Crippen LogP contribution in [0, 0.1) is 5.41 Å². The van der Waals surface area contributed by atoms with E-state index in [2.05, 4.69) is 22.5 Å². The van der Waals surface area contributed by atoms with Crippen molar-refractivity contribution in [1.29, 1.82) is 5.41 Å². The summed E-state index contributed by atoms with van der Waals surface area (Å²) in [5, 5.41) is 6.54. The van der Waals surface area contributed by atoms with E-state index in [1.54, 1.807) is 0 Å². The first kappa shape index (κ1) is 4.89. The van der Waals surface area contributed by atoms with Crippen molar-refractivity contribution < 1.29 is 0 Å². The lowest BCUT2D eigenvalue weighted by Crippen LogP contribution is -1.63. The van der Waals surface area contributed by atoms with Gasteiger partial charge in [0.2, 0.25) is 0 Å². The molecule has 5 heavy (non-hydrogen) atoms. The summed E-state index contributed by atoms with van der Waals surface area (Å²) in [5.74, 6) is 0. The first-order valence-electron chi connectivity index (χ1n) is 1.14. The van der Waals surface area contributed by atoms with Crippen molar-refractivity contribution in [1.82, 2.24) is 0 Å². The molecule has 0 aliphatic heterocycles. The Hall–Kier alpha value is -0.110. The highest BCUT2D eigenvalue weighted by molar-refractivity contribution is 9.18. The van der Waals surface area contributed by atoms with Gasteiger partial charge in [-0.2, -0.15) is 0 Å². The van der Waals surface area contributed by atoms with E-state index in [0.29, 0.717) is 4.62 Å². The van der Waals surface area contributed by atoms with Crippen LogP contribution in [0.25, 0.3) is 0 Å². The van der Waals surface area contributed by atoms with Crippen molar-refractivity contribution in [3.05, 3.63) is 12.7 Å². The fourth-order valence-electron chi connectivity index (χ4n) is 0. The first-order chi connectivity index (χ1) is 2.27. The number of hydrogen-bond donors (Lipinski definition) is 1. The van der Waals surface area contributed by atoms with Gasteiger partial charge in [-0.05, 0) is 22.0 Å². The van der Waals surface area contributed by atoms with Crippen LogP contribution in [0.2, 0.25) is 0 Å². The Bertz CT molecular complexity index is 57.9. The number of halogens is 1. The Morgan fingerprint density at radius 3 is 2.20 bits per heavy atom. The minimum absolute atomic E-state index is 0.331. The molecule has 0 aromatic rings. The van der Waals surface area contributed by atoms with Crippen LogP contribution in [0.15, 0.2) is 12.7 Å². The van der Waals surface area contributed by atoms with Crippen LogP contribution in [0.5, 0.6) is 0 Å². The minimum Gasteiger partial charge on any atom is -0.293 e. The summed E-state index contributed by atoms with van der Waals surface area (Å²) in [7, 11) is 0. The largest absolute Gasteiger partial charge is 0.293 e. The maximum atomic E-state index is 6.54. The third-order valence-electron chi connectivity index (χ3n) is 0.179. The van der Waals surface area contributed by atoms with Gasteiger partial charge >= 0.3 is 0 Å². The van der Waals surface area contributed by atoms with Crippen molar-refractivity contribution in [2.45, 2.75) is 0 Å². The molecule has 0 heterocycles. The van der Waals surface area contributed by atoms with Gasteiger partial charge in [0.15, 0.2) is 0 Å². The molecule has 0 unspecified atom stereocenters. The maximum absolute atomic E-state index is 6.54. The summed E-state index contributed by atoms with van der Waals surface area (Å²) in [5.41, 5.74) is 0. The normalized spacial score (nSPS) is 6.60. The van der Waals surface area contributed by atoms with Gasteiger partial charge in [0.05, 0.1) is 4.62 Å². The maximum Gasteiger partial charge on any atom is 0.0960 e. The van der Waals surface area contributed by atoms with E-state index in [1.165, 1.54) is 6.08 Å².